The molecule has 4 rings (SSSR count). The van der Waals surface area contributed by atoms with Crippen LogP contribution in [0, 0.1) is 13.8 Å². The number of nitrogens with zero attached hydrogens (tertiary/aromatic N) is 2. The minimum atomic E-state index is -3.61. The Bertz CT molecular complexity index is 1540. The van der Waals surface area contributed by atoms with Crippen molar-refractivity contribution in [2.75, 3.05) is 17.1 Å². The number of benzene rings is 3. The summed E-state index contributed by atoms with van der Waals surface area (Å²) in [4.78, 5) is 29.6. The Balaban J connectivity index is 1.63. The van der Waals surface area contributed by atoms with Crippen molar-refractivity contribution in [3.05, 3.63) is 99.0 Å². The molecule has 236 valence electrons. The number of carbonyl (C=O) groups is 2. The van der Waals surface area contributed by atoms with Crippen molar-refractivity contribution in [1.82, 2.24) is 10.2 Å². The number of sulfonamides is 1. The Morgan fingerprint density at radius 3 is 2.20 bits per heavy atom. The molecule has 0 radical (unpaired) electrons. The van der Waals surface area contributed by atoms with Crippen molar-refractivity contribution in [3.8, 4) is 0 Å². The number of aryl methyl sites for hydroxylation is 1. The molecular formula is C34H41Cl2N3O4S. The van der Waals surface area contributed by atoms with Gasteiger partial charge in [-0.05, 0) is 68.0 Å². The zero-order valence-corrected chi connectivity index (χ0v) is 27.9. The zero-order chi connectivity index (χ0) is 31.9. The molecule has 1 aliphatic rings. The SMILES string of the molecule is Cc1cccc(N(CCCC(=O)N(Cc2c(Cl)cccc2Cl)[C@@H](Cc2ccccc2)C(=O)NC2CCCC2)S(C)(=O)=O)c1C. The molecule has 1 fully saturated rings. The van der Waals surface area contributed by atoms with E-state index in [2.05, 4.69) is 5.32 Å². The van der Waals surface area contributed by atoms with Gasteiger partial charge in [-0.3, -0.25) is 13.9 Å². The topological polar surface area (TPSA) is 86.8 Å². The van der Waals surface area contributed by atoms with Crippen LogP contribution in [0.15, 0.2) is 66.7 Å². The third-order valence-electron chi connectivity index (χ3n) is 8.36. The number of hydrogen-bond acceptors (Lipinski definition) is 4. The average molecular weight is 659 g/mol. The van der Waals surface area contributed by atoms with E-state index < -0.39 is 16.1 Å². The van der Waals surface area contributed by atoms with E-state index in [9.17, 15) is 18.0 Å². The number of hydrogen-bond donors (Lipinski definition) is 1. The highest BCUT2D eigenvalue weighted by Gasteiger charge is 2.33. The van der Waals surface area contributed by atoms with Gasteiger partial charge in [-0.25, -0.2) is 8.42 Å². The highest BCUT2D eigenvalue weighted by molar-refractivity contribution is 7.92. The van der Waals surface area contributed by atoms with Gasteiger partial charge in [0.1, 0.15) is 6.04 Å². The molecule has 1 N–H and O–H groups in total. The van der Waals surface area contributed by atoms with Crippen LogP contribution in [-0.4, -0.2) is 50.0 Å². The molecule has 2 amide bonds. The first-order valence-electron chi connectivity index (χ1n) is 15.1. The first kappa shape index (κ1) is 33.8. The molecule has 0 bridgehead atoms. The molecule has 1 aliphatic carbocycles. The Labute approximate surface area is 271 Å². The largest absolute Gasteiger partial charge is 0.352 e. The standard InChI is InChI=1S/C34H41Cl2N3O4S/c1-24-12-9-19-31(25(24)2)39(44(3,42)43)21-11-20-33(40)38(23-28-29(35)17-10-18-30(28)36)32(22-26-13-5-4-6-14-26)34(41)37-27-15-7-8-16-27/h4-6,9-10,12-14,17-19,27,32H,7-8,11,15-16,20-23H2,1-3H3,(H,37,41)/t32-/m0/s1. The fraction of sp³-hybridized carbons (Fsp3) is 0.412. The molecule has 0 unspecified atom stereocenters. The molecular weight excluding hydrogens is 617 g/mol. The van der Waals surface area contributed by atoms with E-state index >= 15 is 0 Å². The van der Waals surface area contributed by atoms with Crippen LogP contribution in [-0.2, 0) is 32.6 Å². The molecule has 0 saturated heterocycles. The number of rotatable bonds is 13. The minimum absolute atomic E-state index is 0.0287. The maximum atomic E-state index is 14.1. The van der Waals surface area contributed by atoms with E-state index in [1.165, 1.54) is 10.6 Å². The van der Waals surface area contributed by atoms with Gasteiger partial charge in [0.2, 0.25) is 21.8 Å². The first-order valence-corrected chi connectivity index (χ1v) is 17.7. The molecule has 0 aliphatic heterocycles. The summed E-state index contributed by atoms with van der Waals surface area (Å²) in [6.45, 7) is 3.98. The van der Waals surface area contributed by atoms with Crippen LogP contribution in [0.4, 0.5) is 5.69 Å². The molecule has 0 aromatic heterocycles. The van der Waals surface area contributed by atoms with Crippen LogP contribution in [0.5, 0.6) is 0 Å². The molecule has 1 atom stereocenters. The molecule has 0 heterocycles. The monoisotopic (exact) mass is 657 g/mol. The normalized spacial score (nSPS) is 14.3. The van der Waals surface area contributed by atoms with Crippen LogP contribution in [0.2, 0.25) is 10.0 Å². The minimum Gasteiger partial charge on any atom is -0.352 e. The Morgan fingerprint density at radius 2 is 1.57 bits per heavy atom. The van der Waals surface area contributed by atoms with Crippen molar-refractivity contribution in [2.24, 2.45) is 0 Å². The fourth-order valence-corrected chi connectivity index (χ4v) is 7.30. The van der Waals surface area contributed by atoms with Crippen LogP contribution in [0.1, 0.15) is 60.8 Å². The fourth-order valence-electron chi connectivity index (χ4n) is 5.76. The van der Waals surface area contributed by atoms with Gasteiger partial charge in [-0.2, -0.15) is 0 Å². The molecule has 10 heteroatoms. The first-order chi connectivity index (χ1) is 21.0. The lowest BCUT2D eigenvalue weighted by atomic mass is 10.0. The maximum Gasteiger partial charge on any atom is 0.243 e. The number of nitrogens with one attached hydrogen (secondary N) is 1. The summed E-state index contributed by atoms with van der Waals surface area (Å²) in [5, 5.41) is 4.00. The summed E-state index contributed by atoms with van der Waals surface area (Å²) >= 11 is 13.1. The van der Waals surface area contributed by atoms with Gasteiger partial charge in [0.05, 0.1) is 11.9 Å². The second kappa shape index (κ2) is 15.3. The van der Waals surface area contributed by atoms with Crippen molar-refractivity contribution in [2.45, 2.75) is 77.4 Å². The van der Waals surface area contributed by atoms with Crippen molar-refractivity contribution in [1.29, 1.82) is 0 Å². The molecule has 7 nitrogen and oxygen atoms in total. The zero-order valence-electron chi connectivity index (χ0n) is 25.6. The molecule has 1 saturated carbocycles. The highest BCUT2D eigenvalue weighted by atomic mass is 35.5. The second-order valence-corrected chi connectivity index (χ2v) is 14.3. The summed E-state index contributed by atoms with van der Waals surface area (Å²) in [5.74, 6) is -0.497. The van der Waals surface area contributed by atoms with Gasteiger partial charge in [0, 0.05) is 47.6 Å². The molecule has 0 spiro atoms. The summed E-state index contributed by atoms with van der Waals surface area (Å²) in [7, 11) is -3.61. The van der Waals surface area contributed by atoms with Gasteiger partial charge >= 0.3 is 0 Å². The maximum absolute atomic E-state index is 14.1. The van der Waals surface area contributed by atoms with Gasteiger partial charge in [-0.1, -0.05) is 84.6 Å². The number of amides is 2. The Morgan fingerprint density at radius 1 is 0.932 bits per heavy atom. The van der Waals surface area contributed by atoms with E-state index in [4.69, 9.17) is 23.2 Å². The lowest BCUT2D eigenvalue weighted by Crippen LogP contribution is -2.52. The van der Waals surface area contributed by atoms with Crippen LogP contribution in [0.25, 0.3) is 0 Å². The van der Waals surface area contributed by atoms with Gasteiger partial charge in [0.25, 0.3) is 0 Å². The summed E-state index contributed by atoms with van der Waals surface area (Å²) < 4.78 is 27.0. The summed E-state index contributed by atoms with van der Waals surface area (Å²) in [6, 6.07) is 19.6. The van der Waals surface area contributed by atoms with E-state index in [1.807, 2.05) is 56.3 Å². The third-order valence-corrected chi connectivity index (χ3v) is 10.2. The quantitative estimate of drug-likeness (QED) is 0.218. The van der Waals surface area contributed by atoms with E-state index in [1.54, 1.807) is 29.2 Å². The van der Waals surface area contributed by atoms with Gasteiger partial charge in [-0.15, -0.1) is 0 Å². The summed E-state index contributed by atoms with van der Waals surface area (Å²) in [5.41, 5.74) is 3.92. The summed E-state index contributed by atoms with van der Waals surface area (Å²) in [6.07, 6.45) is 5.71. The lowest BCUT2D eigenvalue weighted by Gasteiger charge is -2.33. The predicted molar refractivity (Wildman–Crippen MR) is 179 cm³/mol. The van der Waals surface area contributed by atoms with Crippen molar-refractivity contribution >= 4 is 50.7 Å². The smallest absolute Gasteiger partial charge is 0.243 e. The molecule has 3 aromatic carbocycles. The molecule has 3 aromatic rings. The van der Waals surface area contributed by atoms with E-state index in [-0.39, 0.29) is 43.8 Å². The van der Waals surface area contributed by atoms with E-state index in [0.29, 0.717) is 27.7 Å². The Kier molecular flexibility index (Phi) is 11.7. The van der Waals surface area contributed by atoms with Crippen molar-refractivity contribution < 1.29 is 18.0 Å². The number of carbonyl (C=O) groups excluding carboxylic acids is 2. The van der Waals surface area contributed by atoms with Gasteiger partial charge in [0.15, 0.2) is 0 Å². The Hall–Kier alpha value is -3.07. The number of anilines is 1. The number of halogens is 2. The molecule has 44 heavy (non-hydrogen) atoms. The second-order valence-electron chi connectivity index (χ2n) is 11.6. The lowest BCUT2D eigenvalue weighted by molar-refractivity contribution is -0.141. The highest BCUT2D eigenvalue weighted by Crippen LogP contribution is 2.29. The predicted octanol–water partition coefficient (Wildman–Crippen LogP) is 6.86. The average Bonchev–Trinajstić information content (AvgIpc) is 3.49. The van der Waals surface area contributed by atoms with Crippen LogP contribution in [0.3, 0.4) is 0 Å². The van der Waals surface area contributed by atoms with Crippen LogP contribution < -0.4 is 9.62 Å². The van der Waals surface area contributed by atoms with Crippen LogP contribution >= 0.6 is 23.2 Å². The third kappa shape index (κ3) is 8.77. The van der Waals surface area contributed by atoms with Crippen molar-refractivity contribution in [3.63, 3.8) is 0 Å². The van der Waals surface area contributed by atoms with Gasteiger partial charge < -0.3 is 10.2 Å². The van der Waals surface area contributed by atoms with E-state index in [0.717, 1.165) is 42.4 Å².